The Morgan fingerprint density at radius 3 is 3.17 bits per heavy atom. The van der Waals surface area contributed by atoms with Crippen LogP contribution in [0.1, 0.15) is 30.1 Å². The minimum absolute atomic E-state index is 0.00393. The Hall–Kier alpha value is -2.34. The van der Waals surface area contributed by atoms with Gasteiger partial charge in [0.2, 0.25) is 0 Å². The van der Waals surface area contributed by atoms with Gasteiger partial charge in [0, 0.05) is 18.9 Å². The molecule has 1 aliphatic rings. The zero-order valence-electron chi connectivity index (χ0n) is 12.7. The monoisotopic (exact) mass is 326 g/mol. The molecule has 2 amide bonds. The molecule has 1 atom stereocenters. The first-order valence-corrected chi connectivity index (χ1v) is 8.75. The molecule has 3 aromatic heterocycles. The fourth-order valence-electron chi connectivity index (χ4n) is 3.16. The topological polar surface area (TPSA) is 49.6 Å². The second kappa shape index (κ2) is 6.04. The number of hydrogen-bond donors (Lipinski definition) is 1. The number of carbonyl (C=O) groups is 1. The normalized spacial score (nSPS) is 17.7. The van der Waals surface area contributed by atoms with Gasteiger partial charge in [0.25, 0.3) is 0 Å². The predicted octanol–water partition coefficient (Wildman–Crippen LogP) is 3.44. The van der Waals surface area contributed by atoms with Crippen LogP contribution in [0.3, 0.4) is 0 Å². The van der Waals surface area contributed by atoms with Gasteiger partial charge in [0.05, 0.1) is 18.3 Å². The Kier molecular flexibility index (Phi) is 3.75. The van der Waals surface area contributed by atoms with Gasteiger partial charge in [0.15, 0.2) is 0 Å². The van der Waals surface area contributed by atoms with E-state index in [1.165, 1.54) is 5.56 Å². The smallest absolute Gasteiger partial charge is 0.318 e. The minimum Gasteiger partial charge on any atom is -0.332 e. The lowest BCUT2D eigenvalue weighted by Crippen LogP contribution is -2.39. The van der Waals surface area contributed by atoms with Crippen LogP contribution in [-0.4, -0.2) is 26.9 Å². The minimum atomic E-state index is -0.00393. The fourth-order valence-corrected chi connectivity index (χ4v) is 3.87. The van der Waals surface area contributed by atoms with E-state index in [1.807, 2.05) is 39.9 Å². The summed E-state index contributed by atoms with van der Waals surface area (Å²) >= 11 is 1.68. The summed E-state index contributed by atoms with van der Waals surface area (Å²) in [7, 11) is 0. The Bertz CT molecular complexity index is 778. The Morgan fingerprint density at radius 1 is 1.39 bits per heavy atom. The highest BCUT2D eigenvalue weighted by atomic mass is 32.1. The van der Waals surface area contributed by atoms with Crippen LogP contribution in [0.25, 0.3) is 5.65 Å². The molecule has 6 heteroatoms. The summed E-state index contributed by atoms with van der Waals surface area (Å²) in [6.45, 7) is 1.27. The van der Waals surface area contributed by atoms with E-state index in [-0.39, 0.29) is 12.1 Å². The van der Waals surface area contributed by atoms with Crippen molar-refractivity contribution in [3.05, 3.63) is 58.7 Å². The number of nitrogens with one attached hydrogen (secondary N) is 1. The quantitative estimate of drug-likeness (QED) is 0.801. The molecule has 0 radical (unpaired) electrons. The molecule has 1 fully saturated rings. The third kappa shape index (κ3) is 2.82. The molecular weight excluding hydrogens is 308 g/mol. The highest BCUT2D eigenvalue weighted by Crippen LogP contribution is 2.32. The summed E-state index contributed by atoms with van der Waals surface area (Å²) in [4.78, 5) is 19.0. The summed E-state index contributed by atoms with van der Waals surface area (Å²) in [6.07, 6.45) is 6.01. The zero-order valence-corrected chi connectivity index (χ0v) is 13.5. The van der Waals surface area contributed by atoms with Gasteiger partial charge in [-0.1, -0.05) is 6.07 Å². The molecule has 0 spiro atoms. The molecule has 0 bridgehead atoms. The van der Waals surface area contributed by atoms with E-state index in [9.17, 15) is 4.79 Å². The molecular formula is C17H18N4OS. The SMILES string of the molecule is O=C(NCc1cn2ccccc2n1)N1CCC[C@@H]1c1ccsc1. The predicted molar refractivity (Wildman–Crippen MR) is 90.4 cm³/mol. The van der Waals surface area contributed by atoms with Crippen LogP contribution in [0.15, 0.2) is 47.4 Å². The van der Waals surface area contributed by atoms with Crippen molar-refractivity contribution in [3.8, 4) is 0 Å². The van der Waals surface area contributed by atoms with Crippen LogP contribution < -0.4 is 5.32 Å². The summed E-state index contributed by atoms with van der Waals surface area (Å²) in [5.41, 5.74) is 3.01. The number of nitrogens with zero attached hydrogens (tertiary/aromatic N) is 3. The van der Waals surface area contributed by atoms with Crippen molar-refractivity contribution in [2.75, 3.05) is 6.54 Å². The standard InChI is InChI=1S/C17H18N4OS/c22-17(21-8-3-4-15(21)13-6-9-23-12-13)18-10-14-11-20-7-2-1-5-16(20)19-14/h1-2,5-7,9,11-12,15H,3-4,8,10H2,(H,18,22)/t15-/m1/s1. The number of thiophene rings is 1. The van der Waals surface area contributed by atoms with Crippen LogP contribution in [0.4, 0.5) is 4.79 Å². The van der Waals surface area contributed by atoms with Gasteiger partial charge in [-0.3, -0.25) is 0 Å². The van der Waals surface area contributed by atoms with Gasteiger partial charge in [-0.2, -0.15) is 11.3 Å². The first-order valence-electron chi connectivity index (χ1n) is 7.80. The molecule has 1 saturated heterocycles. The molecule has 118 valence electrons. The molecule has 4 rings (SSSR count). The number of aromatic nitrogens is 2. The lowest BCUT2D eigenvalue weighted by molar-refractivity contribution is 0.192. The number of likely N-dealkylation sites (tertiary alicyclic amines) is 1. The molecule has 4 heterocycles. The molecule has 0 saturated carbocycles. The first kappa shape index (κ1) is 14.3. The number of hydrogen-bond acceptors (Lipinski definition) is 3. The molecule has 5 nitrogen and oxygen atoms in total. The number of pyridine rings is 1. The Morgan fingerprint density at radius 2 is 2.35 bits per heavy atom. The summed E-state index contributed by atoms with van der Waals surface area (Å²) in [5, 5.41) is 7.22. The number of imidazole rings is 1. The number of carbonyl (C=O) groups excluding carboxylic acids is 1. The largest absolute Gasteiger partial charge is 0.332 e. The van der Waals surface area contributed by atoms with Crippen molar-refractivity contribution in [2.45, 2.75) is 25.4 Å². The van der Waals surface area contributed by atoms with Crippen molar-refractivity contribution in [3.63, 3.8) is 0 Å². The lowest BCUT2D eigenvalue weighted by Gasteiger charge is -2.24. The van der Waals surface area contributed by atoms with Crippen LogP contribution in [-0.2, 0) is 6.54 Å². The van der Waals surface area contributed by atoms with Gasteiger partial charge in [0.1, 0.15) is 5.65 Å². The maximum absolute atomic E-state index is 12.5. The highest BCUT2D eigenvalue weighted by Gasteiger charge is 2.30. The van der Waals surface area contributed by atoms with Crippen molar-refractivity contribution in [2.24, 2.45) is 0 Å². The van der Waals surface area contributed by atoms with Gasteiger partial charge in [-0.15, -0.1) is 0 Å². The Balaban J connectivity index is 1.43. The van der Waals surface area contributed by atoms with E-state index >= 15 is 0 Å². The third-order valence-corrected chi connectivity index (χ3v) is 4.98. The van der Waals surface area contributed by atoms with Crippen LogP contribution in [0, 0.1) is 0 Å². The van der Waals surface area contributed by atoms with Crippen molar-refractivity contribution in [1.29, 1.82) is 0 Å². The number of rotatable bonds is 3. The molecule has 1 N–H and O–H groups in total. The third-order valence-electron chi connectivity index (χ3n) is 4.28. The van der Waals surface area contributed by atoms with Crippen LogP contribution >= 0.6 is 11.3 Å². The second-order valence-electron chi connectivity index (χ2n) is 5.77. The van der Waals surface area contributed by atoms with Crippen molar-refractivity contribution < 1.29 is 4.79 Å². The van der Waals surface area contributed by atoms with E-state index in [1.54, 1.807) is 11.3 Å². The molecule has 0 aromatic carbocycles. The lowest BCUT2D eigenvalue weighted by atomic mass is 10.1. The maximum atomic E-state index is 12.5. The van der Waals surface area contributed by atoms with E-state index in [0.717, 1.165) is 30.7 Å². The molecule has 3 aromatic rings. The fraction of sp³-hybridized carbons (Fsp3) is 0.294. The Labute approximate surface area is 138 Å². The molecule has 0 aliphatic carbocycles. The summed E-state index contributed by atoms with van der Waals surface area (Å²) in [6, 6.07) is 8.20. The average Bonchev–Trinajstić information content (AvgIpc) is 3.31. The van der Waals surface area contributed by atoms with E-state index in [4.69, 9.17) is 0 Å². The second-order valence-corrected chi connectivity index (χ2v) is 6.55. The van der Waals surface area contributed by atoms with Crippen LogP contribution in [0.2, 0.25) is 0 Å². The molecule has 23 heavy (non-hydrogen) atoms. The number of urea groups is 1. The van der Waals surface area contributed by atoms with Crippen molar-refractivity contribution >= 4 is 23.0 Å². The summed E-state index contributed by atoms with van der Waals surface area (Å²) < 4.78 is 1.96. The van der Waals surface area contributed by atoms with Crippen molar-refractivity contribution in [1.82, 2.24) is 19.6 Å². The van der Waals surface area contributed by atoms with E-state index in [0.29, 0.717) is 6.54 Å². The van der Waals surface area contributed by atoms with Crippen LogP contribution in [0.5, 0.6) is 0 Å². The molecule has 1 aliphatic heterocycles. The zero-order chi connectivity index (χ0) is 15.6. The van der Waals surface area contributed by atoms with Gasteiger partial charge in [-0.05, 0) is 47.4 Å². The summed E-state index contributed by atoms with van der Waals surface area (Å²) in [5.74, 6) is 0. The average molecular weight is 326 g/mol. The first-order chi connectivity index (χ1) is 11.3. The number of fused-ring (bicyclic) bond motifs is 1. The van der Waals surface area contributed by atoms with Gasteiger partial charge >= 0.3 is 6.03 Å². The van der Waals surface area contributed by atoms with Gasteiger partial charge in [-0.25, -0.2) is 9.78 Å². The van der Waals surface area contributed by atoms with Gasteiger partial charge < -0.3 is 14.6 Å². The highest BCUT2D eigenvalue weighted by molar-refractivity contribution is 7.07. The van der Waals surface area contributed by atoms with E-state index < -0.39 is 0 Å². The number of amides is 2. The van der Waals surface area contributed by atoms with E-state index in [2.05, 4.69) is 27.1 Å². The maximum Gasteiger partial charge on any atom is 0.318 e. The molecule has 0 unspecified atom stereocenters.